The van der Waals surface area contributed by atoms with Crippen LogP contribution in [0.15, 0.2) is 66.7 Å². The molecule has 1 aliphatic heterocycles. The first-order chi connectivity index (χ1) is 21.9. The number of carbonyl (C=O) groups is 1. The molecule has 1 aromatic heterocycles. The minimum Gasteiger partial charge on any atom is -0.497 e. The molecule has 1 amide bonds. The van der Waals surface area contributed by atoms with Crippen molar-refractivity contribution >= 4 is 23.4 Å². The van der Waals surface area contributed by atoms with Crippen LogP contribution >= 0.6 is 0 Å². The summed E-state index contributed by atoms with van der Waals surface area (Å²) in [5.41, 5.74) is 0.797. The summed E-state index contributed by atoms with van der Waals surface area (Å²) in [6.07, 6.45) is 3.89. The third kappa shape index (κ3) is 8.57. The molecule has 5 rings (SSSR count). The Labute approximate surface area is 260 Å². The van der Waals surface area contributed by atoms with E-state index in [2.05, 4.69) is 25.5 Å². The SMILES string of the molecule is COc1ccc(NC(=O)Oc2cc(-c3cccc(F)c3F)nc(Nc3ccc(OCCCN4CCCCC4)cc3)n2)c(OC)c1. The van der Waals surface area contributed by atoms with Crippen molar-refractivity contribution in [1.82, 2.24) is 14.9 Å². The van der Waals surface area contributed by atoms with Gasteiger partial charge in [0.25, 0.3) is 0 Å². The Hall–Kier alpha value is -4.97. The maximum absolute atomic E-state index is 14.7. The van der Waals surface area contributed by atoms with Crippen LogP contribution in [0.5, 0.6) is 23.1 Å². The number of amides is 1. The molecular formula is C33H35F2N5O5. The van der Waals surface area contributed by atoms with E-state index in [-0.39, 0.29) is 23.1 Å². The second kappa shape index (κ2) is 15.2. The number of rotatable bonds is 12. The molecule has 45 heavy (non-hydrogen) atoms. The molecule has 1 fully saturated rings. The van der Waals surface area contributed by atoms with E-state index >= 15 is 0 Å². The lowest BCUT2D eigenvalue weighted by Crippen LogP contribution is -2.31. The average Bonchev–Trinajstić information content (AvgIpc) is 3.05. The minimum atomic E-state index is -1.10. The molecule has 0 aliphatic carbocycles. The normalized spacial score (nSPS) is 13.2. The standard InChI is InChI=1S/C33H35F2N5O5/c1-42-24-14-15-27(29(20-24)43-2)38-33(41)45-30-21-28(25-8-6-9-26(34)31(25)35)37-32(39-30)36-22-10-12-23(13-11-22)44-19-7-18-40-16-4-3-5-17-40/h6,8-15,20-21H,3-5,7,16-19H2,1-2H3,(H,38,41)(H,36,37,39). The van der Waals surface area contributed by atoms with Gasteiger partial charge < -0.3 is 29.2 Å². The highest BCUT2D eigenvalue weighted by molar-refractivity contribution is 5.88. The monoisotopic (exact) mass is 619 g/mol. The summed E-state index contributed by atoms with van der Waals surface area (Å²) in [6.45, 7) is 3.95. The molecule has 2 N–H and O–H groups in total. The van der Waals surface area contributed by atoms with Gasteiger partial charge in [-0.25, -0.2) is 18.6 Å². The molecule has 0 bridgehead atoms. The first kappa shape index (κ1) is 31.5. The summed E-state index contributed by atoms with van der Waals surface area (Å²) < 4.78 is 50.6. The molecule has 1 saturated heterocycles. The van der Waals surface area contributed by atoms with Crippen LogP contribution in [0.3, 0.4) is 0 Å². The van der Waals surface area contributed by atoms with E-state index in [1.165, 1.54) is 51.7 Å². The van der Waals surface area contributed by atoms with E-state index in [0.717, 1.165) is 32.1 Å². The van der Waals surface area contributed by atoms with Crippen LogP contribution in [0.2, 0.25) is 0 Å². The second-order valence-electron chi connectivity index (χ2n) is 10.4. The van der Waals surface area contributed by atoms with E-state index in [1.54, 1.807) is 30.3 Å². The largest absolute Gasteiger partial charge is 0.497 e. The van der Waals surface area contributed by atoms with Crippen LogP contribution in [0.1, 0.15) is 25.7 Å². The Morgan fingerprint density at radius 2 is 1.69 bits per heavy atom. The van der Waals surface area contributed by atoms with Gasteiger partial charge in [0.2, 0.25) is 11.8 Å². The van der Waals surface area contributed by atoms with Crippen molar-refractivity contribution in [3.05, 3.63) is 78.4 Å². The number of nitrogens with zero attached hydrogens (tertiary/aromatic N) is 3. The van der Waals surface area contributed by atoms with Crippen molar-refractivity contribution in [2.24, 2.45) is 0 Å². The van der Waals surface area contributed by atoms with Gasteiger partial charge in [-0.05, 0) is 80.9 Å². The first-order valence-corrected chi connectivity index (χ1v) is 14.7. The quantitative estimate of drug-likeness (QED) is 0.161. The zero-order valence-electron chi connectivity index (χ0n) is 25.1. The van der Waals surface area contributed by atoms with Gasteiger partial charge in [-0.3, -0.25) is 5.32 Å². The number of piperidine rings is 1. The zero-order valence-corrected chi connectivity index (χ0v) is 25.1. The Bertz CT molecular complexity index is 1600. The van der Waals surface area contributed by atoms with Crippen LogP contribution in [-0.4, -0.2) is 61.4 Å². The zero-order chi connectivity index (χ0) is 31.6. The van der Waals surface area contributed by atoms with Crippen molar-refractivity contribution in [1.29, 1.82) is 0 Å². The van der Waals surface area contributed by atoms with Gasteiger partial charge in [0, 0.05) is 29.9 Å². The molecular weight excluding hydrogens is 584 g/mol. The first-order valence-electron chi connectivity index (χ1n) is 14.7. The number of anilines is 3. The molecule has 12 heteroatoms. The number of aromatic nitrogens is 2. The third-order valence-corrected chi connectivity index (χ3v) is 7.22. The molecule has 0 unspecified atom stereocenters. The lowest BCUT2D eigenvalue weighted by molar-refractivity contribution is 0.205. The van der Waals surface area contributed by atoms with Crippen LogP contribution in [-0.2, 0) is 0 Å². The summed E-state index contributed by atoms with van der Waals surface area (Å²) in [4.78, 5) is 23.9. The number of ether oxygens (including phenoxy) is 4. The second-order valence-corrected chi connectivity index (χ2v) is 10.4. The molecule has 2 heterocycles. The number of methoxy groups -OCH3 is 2. The summed E-state index contributed by atoms with van der Waals surface area (Å²) in [5, 5.41) is 5.62. The number of hydrogen-bond acceptors (Lipinski definition) is 9. The average molecular weight is 620 g/mol. The Kier molecular flexibility index (Phi) is 10.6. The smallest absolute Gasteiger partial charge is 0.418 e. The van der Waals surface area contributed by atoms with Crippen molar-refractivity contribution in [2.75, 3.05) is 51.1 Å². The molecule has 0 radical (unpaired) electrons. The maximum atomic E-state index is 14.7. The predicted molar refractivity (Wildman–Crippen MR) is 167 cm³/mol. The number of nitrogens with one attached hydrogen (secondary N) is 2. The predicted octanol–water partition coefficient (Wildman–Crippen LogP) is 7.05. The highest BCUT2D eigenvalue weighted by atomic mass is 19.2. The Morgan fingerprint density at radius 1 is 0.911 bits per heavy atom. The summed E-state index contributed by atoms with van der Waals surface area (Å²) in [5.74, 6) is -0.757. The number of likely N-dealkylation sites (tertiary alicyclic amines) is 1. The number of halogens is 2. The van der Waals surface area contributed by atoms with Crippen LogP contribution in [0, 0.1) is 11.6 Å². The fourth-order valence-corrected chi connectivity index (χ4v) is 4.93. The topological polar surface area (TPSA) is 107 Å². The molecule has 0 spiro atoms. The van der Waals surface area contributed by atoms with Crippen molar-refractivity contribution in [2.45, 2.75) is 25.7 Å². The fraction of sp³-hybridized carbons (Fsp3) is 0.303. The number of hydrogen-bond donors (Lipinski definition) is 2. The summed E-state index contributed by atoms with van der Waals surface area (Å²) >= 11 is 0. The van der Waals surface area contributed by atoms with Gasteiger partial charge in [0.1, 0.15) is 17.2 Å². The van der Waals surface area contributed by atoms with Crippen LogP contribution in [0.25, 0.3) is 11.3 Å². The Balaban J connectivity index is 1.29. The summed E-state index contributed by atoms with van der Waals surface area (Å²) in [7, 11) is 2.96. The molecule has 3 aromatic carbocycles. The highest BCUT2D eigenvalue weighted by Gasteiger charge is 2.17. The maximum Gasteiger partial charge on any atom is 0.418 e. The van der Waals surface area contributed by atoms with Crippen LogP contribution < -0.4 is 29.6 Å². The summed E-state index contributed by atoms with van der Waals surface area (Å²) in [6, 6.07) is 17.0. The minimum absolute atomic E-state index is 0.00277. The molecule has 0 atom stereocenters. The van der Waals surface area contributed by atoms with E-state index in [1.807, 2.05) is 12.1 Å². The van der Waals surface area contributed by atoms with Gasteiger partial charge in [-0.15, -0.1) is 0 Å². The van der Waals surface area contributed by atoms with Gasteiger partial charge in [0.15, 0.2) is 11.6 Å². The lowest BCUT2D eigenvalue weighted by atomic mass is 10.1. The van der Waals surface area contributed by atoms with E-state index in [4.69, 9.17) is 18.9 Å². The molecule has 1 aliphatic rings. The van der Waals surface area contributed by atoms with E-state index < -0.39 is 17.7 Å². The van der Waals surface area contributed by atoms with Gasteiger partial charge in [0.05, 0.1) is 32.2 Å². The molecule has 0 saturated carbocycles. The lowest BCUT2D eigenvalue weighted by Gasteiger charge is -2.26. The third-order valence-electron chi connectivity index (χ3n) is 7.22. The van der Waals surface area contributed by atoms with Gasteiger partial charge in [-0.2, -0.15) is 4.98 Å². The fourth-order valence-electron chi connectivity index (χ4n) is 4.93. The van der Waals surface area contributed by atoms with Crippen molar-refractivity contribution in [3.8, 4) is 34.4 Å². The molecule has 236 valence electrons. The van der Waals surface area contributed by atoms with Crippen molar-refractivity contribution in [3.63, 3.8) is 0 Å². The molecule has 10 nitrogen and oxygen atoms in total. The number of benzene rings is 3. The Morgan fingerprint density at radius 3 is 2.44 bits per heavy atom. The van der Waals surface area contributed by atoms with E-state index in [0.29, 0.717) is 35.2 Å². The van der Waals surface area contributed by atoms with Gasteiger partial charge >= 0.3 is 6.09 Å². The van der Waals surface area contributed by atoms with E-state index in [9.17, 15) is 13.6 Å². The molecule has 4 aromatic rings. The number of carbonyl (C=O) groups excluding carboxylic acids is 1. The van der Waals surface area contributed by atoms with Gasteiger partial charge in [-0.1, -0.05) is 12.5 Å². The van der Waals surface area contributed by atoms with Crippen molar-refractivity contribution < 1.29 is 32.5 Å². The highest BCUT2D eigenvalue weighted by Crippen LogP contribution is 2.31. The van der Waals surface area contributed by atoms with Crippen LogP contribution in [0.4, 0.5) is 30.9 Å².